The molecule has 0 N–H and O–H groups in total. The van der Waals surface area contributed by atoms with Crippen LogP contribution in [0, 0.1) is 13.8 Å². The van der Waals surface area contributed by atoms with Crippen molar-refractivity contribution >= 4 is 11.6 Å². The highest BCUT2D eigenvalue weighted by molar-refractivity contribution is 5.80. The molecule has 1 amide bonds. The number of carbonyl (C=O) groups is 1. The summed E-state index contributed by atoms with van der Waals surface area (Å²) in [6.07, 6.45) is 1.99. The average molecular weight is 345 g/mol. The van der Waals surface area contributed by atoms with Crippen LogP contribution in [0.25, 0.3) is 0 Å². The molecular weight excluding hydrogens is 314 g/mol. The monoisotopic (exact) mass is 345 g/mol. The number of amides is 1. The number of likely N-dealkylation sites (N-methyl/N-ethyl adjacent to an activating group) is 1. The van der Waals surface area contributed by atoms with Crippen LogP contribution in [-0.4, -0.2) is 74.7 Å². The second-order valence-corrected chi connectivity index (χ2v) is 7.52. The number of ether oxygens (including phenoxy) is 1. The second-order valence-electron chi connectivity index (χ2n) is 7.52. The average Bonchev–Trinajstić information content (AvgIpc) is 2.63. The first kappa shape index (κ1) is 18.2. The Morgan fingerprint density at radius 1 is 1.16 bits per heavy atom. The molecule has 0 saturated carbocycles. The van der Waals surface area contributed by atoms with E-state index >= 15 is 0 Å². The minimum Gasteiger partial charge on any atom is -0.371 e. The van der Waals surface area contributed by atoms with E-state index in [0.717, 1.165) is 39.0 Å². The molecule has 2 aliphatic heterocycles. The van der Waals surface area contributed by atoms with Crippen molar-refractivity contribution in [2.45, 2.75) is 38.8 Å². The molecule has 5 nitrogen and oxygen atoms in total. The van der Waals surface area contributed by atoms with E-state index in [1.54, 1.807) is 19.0 Å². The van der Waals surface area contributed by atoms with Crippen LogP contribution in [0.1, 0.15) is 24.0 Å². The molecule has 2 aliphatic rings. The molecule has 1 atom stereocenters. The molecule has 2 saturated heterocycles. The number of benzene rings is 1. The van der Waals surface area contributed by atoms with E-state index in [1.807, 2.05) is 0 Å². The third kappa shape index (κ3) is 3.98. The molecule has 0 spiro atoms. The van der Waals surface area contributed by atoms with Crippen molar-refractivity contribution in [1.29, 1.82) is 0 Å². The van der Waals surface area contributed by atoms with Crippen LogP contribution < -0.4 is 4.90 Å². The van der Waals surface area contributed by atoms with E-state index in [1.165, 1.54) is 16.8 Å². The zero-order valence-electron chi connectivity index (χ0n) is 16.0. The van der Waals surface area contributed by atoms with Gasteiger partial charge >= 0.3 is 0 Å². The summed E-state index contributed by atoms with van der Waals surface area (Å²) in [6, 6.07) is 7.14. The van der Waals surface area contributed by atoms with Gasteiger partial charge in [-0.1, -0.05) is 12.1 Å². The third-order valence-corrected chi connectivity index (χ3v) is 5.71. The molecule has 2 fully saturated rings. The van der Waals surface area contributed by atoms with Gasteiger partial charge in [-0.15, -0.1) is 0 Å². The van der Waals surface area contributed by atoms with Gasteiger partial charge in [-0.05, 0) is 43.9 Å². The first-order chi connectivity index (χ1) is 12.0. The maximum atomic E-state index is 12.2. The summed E-state index contributed by atoms with van der Waals surface area (Å²) < 4.78 is 5.70. The normalized spacial score (nSPS) is 22.9. The van der Waals surface area contributed by atoms with E-state index in [9.17, 15) is 4.79 Å². The predicted molar refractivity (Wildman–Crippen MR) is 101 cm³/mol. The highest BCUT2D eigenvalue weighted by atomic mass is 16.5. The topological polar surface area (TPSA) is 36.0 Å². The van der Waals surface area contributed by atoms with Gasteiger partial charge in [-0.3, -0.25) is 9.69 Å². The smallest absolute Gasteiger partial charge is 0.252 e. The van der Waals surface area contributed by atoms with Crippen molar-refractivity contribution < 1.29 is 9.53 Å². The SMILES string of the molecule is Cc1cccc(N2CCC(N3CCO[C@@H](C(=O)N(C)C)C3)CC2)c1C. The Kier molecular flexibility index (Phi) is 5.64. The summed E-state index contributed by atoms with van der Waals surface area (Å²) in [6.45, 7) is 8.88. The molecule has 0 unspecified atom stereocenters. The number of nitrogens with zero attached hydrogens (tertiary/aromatic N) is 3. The molecule has 0 aromatic heterocycles. The molecule has 1 aromatic carbocycles. The van der Waals surface area contributed by atoms with E-state index in [0.29, 0.717) is 12.6 Å². The van der Waals surface area contributed by atoms with Gasteiger partial charge in [0.1, 0.15) is 6.10 Å². The predicted octanol–water partition coefficient (Wildman–Crippen LogP) is 2.06. The molecule has 0 bridgehead atoms. The lowest BCUT2D eigenvalue weighted by molar-refractivity contribution is -0.148. The number of hydrogen-bond acceptors (Lipinski definition) is 4. The maximum Gasteiger partial charge on any atom is 0.252 e. The summed E-state index contributed by atoms with van der Waals surface area (Å²) in [5.74, 6) is 0.0810. The van der Waals surface area contributed by atoms with Gasteiger partial charge in [0.05, 0.1) is 6.61 Å². The van der Waals surface area contributed by atoms with Crippen molar-refractivity contribution in [3.05, 3.63) is 29.3 Å². The van der Waals surface area contributed by atoms with Gasteiger partial charge in [-0.25, -0.2) is 0 Å². The van der Waals surface area contributed by atoms with Gasteiger partial charge in [0.2, 0.25) is 0 Å². The molecule has 138 valence electrons. The minimum atomic E-state index is -0.305. The first-order valence-corrected chi connectivity index (χ1v) is 9.35. The quantitative estimate of drug-likeness (QED) is 0.840. The zero-order valence-corrected chi connectivity index (χ0v) is 16.0. The number of hydrogen-bond donors (Lipinski definition) is 0. The van der Waals surface area contributed by atoms with Crippen LogP contribution >= 0.6 is 0 Å². The van der Waals surface area contributed by atoms with Gasteiger partial charge in [-0.2, -0.15) is 0 Å². The number of morpholine rings is 1. The molecule has 3 rings (SSSR count). The molecule has 25 heavy (non-hydrogen) atoms. The molecule has 0 aliphatic carbocycles. The number of anilines is 1. The van der Waals surface area contributed by atoms with Gasteiger partial charge < -0.3 is 14.5 Å². The van der Waals surface area contributed by atoms with Crippen LogP contribution in [0.15, 0.2) is 18.2 Å². The van der Waals surface area contributed by atoms with Crippen LogP contribution in [-0.2, 0) is 9.53 Å². The summed E-state index contributed by atoms with van der Waals surface area (Å²) in [5, 5.41) is 0. The van der Waals surface area contributed by atoms with Gasteiger partial charge in [0.25, 0.3) is 5.91 Å². The van der Waals surface area contributed by atoms with Crippen LogP contribution in [0.2, 0.25) is 0 Å². The highest BCUT2D eigenvalue weighted by Crippen LogP contribution is 2.27. The van der Waals surface area contributed by atoms with E-state index in [-0.39, 0.29) is 12.0 Å². The number of carbonyl (C=O) groups excluding carboxylic acids is 1. The summed E-state index contributed by atoms with van der Waals surface area (Å²) >= 11 is 0. The lowest BCUT2D eigenvalue weighted by Gasteiger charge is -2.43. The molecule has 2 heterocycles. The van der Waals surface area contributed by atoms with Crippen LogP contribution in [0.5, 0.6) is 0 Å². The van der Waals surface area contributed by atoms with Crippen molar-refractivity contribution in [3.63, 3.8) is 0 Å². The number of aryl methyl sites for hydroxylation is 1. The summed E-state index contributed by atoms with van der Waals surface area (Å²) in [4.78, 5) is 18.8. The lowest BCUT2D eigenvalue weighted by Crippen LogP contribution is -2.54. The van der Waals surface area contributed by atoms with Crippen molar-refractivity contribution in [2.75, 3.05) is 51.8 Å². The molecule has 1 aromatic rings. The fourth-order valence-corrected chi connectivity index (χ4v) is 3.99. The first-order valence-electron chi connectivity index (χ1n) is 9.35. The Labute approximate surface area is 151 Å². The maximum absolute atomic E-state index is 12.2. The van der Waals surface area contributed by atoms with Crippen molar-refractivity contribution in [3.8, 4) is 0 Å². The van der Waals surface area contributed by atoms with E-state index in [2.05, 4.69) is 41.8 Å². The van der Waals surface area contributed by atoms with Crippen molar-refractivity contribution in [1.82, 2.24) is 9.80 Å². The number of piperidine rings is 1. The fraction of sp³-hybridized carbons (Fsp3) is 0.650. The van der Waals surface area contributed by atoms with Crippen LogP contribution in [0.4, 0.5) is 5.69 Å². The second kappa shape index (κ2) is 7.75. The largest absolute Gasteiger partial charge is 0.371 e. The lowest BCUT2D eigenvalue weighted by atomic mass is 9.99. The minimum absolute atomic E-state index is 0.0810. The van der Waals surface area contributed by atoms with E-state index < -0.39 is 0 Å². The van der Waals surface area contributed by atoms with Crippen LogP contribution in [0.3, 0.4) is 0 Å². The Morgan fingerprint density at radius 3 is 2.56 bits per heavy atom. The Morgan fingerprint density at radius 2 is 1.88 bits per heavy atom. The summed E-state index contributed by atoms with van der Waals surface area (Å²) in [7, 11) is 3.60. The summed E-state index contributed by atoms with van der Waals surface area (Å²) in [5.41, 5.74) is 4.13. The Bertz CT molecular complexity index is 609. The molecule has 0 radical (unpaired) electrons. The zero-order chi connectivity index (χ0) is 18.0. The highest BCUT2D eigenvalue weighted by Gasteiger charge is 2.33. The Hall–Kier alpha value is -1.59. The number of rotatable bonds is 3. The van der Waals surface area contributed by atoms with Gasteiger partial charge in [0, 0.05) is 52.0 Å². The molecular formula is C20H31N3O2. The molecule has 5 heteroatoms. The van der Waals surface area contributed by atoms with E-state index in [4.69, 9.17) is 4.74 Å². The van der Waals surface area contributed by atoms with Gasteiger partial charge in [0.15, 0.2) is 0 Å². The Balaban J connectivity index is 1.58. The fourth-order valence-electron chi connectivity index (χ4n) is 3.99. The third-order valence-electron chi connectivity index (χ3n) is 5.71. The standard InChI is InChI=1S/C20H31N3O2/c1-15-6-5-7-18(16(15)2)22-10-8-17(9-11-22)23-12-13-25-19(14-23)20(24)21(3)4/h5-7,17,19H,8-14H2,1-4H3/t19-/m1/s1. The van der Waals surface area contributed by atoms with Crippen molar-refractivity contribution in [2.24, 2.45) is 0 Å².